The summed E-state index contributed by atoms with van der Waals surface area (Å²) in [6.45, 7) is 6.53. The van der Waals surface area contributed by atoms with E-state index in [0.717, 1.165) is 19.2 Å². The van der Waals surface area contributed by atoms with Crippen LogP contribution in [0.25, 0.3) is 0 Å². The Kier molecular flexibility index (Phi) is 5.81. The van der Waals surface area contributed by atoms with Crippen molar-refractivity contribution in [3.8, 4) is 5.88 Å². The van der Waals surface area contributed by atoms with Gasteiger partial charge in [0.1, 0.15) is 6.61 Å². The molecule has 8 heteroatoms. The highest BCUT2D eigenvalue weighted by Crippen LogP contribution is 2.30. The van der Waals surface area contributed by atoms with E-state index in [0.29, 0.717) is 6.54 Å². The van der Waals surface area contributed by atoms with E-state index < -0.39 is 17.2 Å². The minimum atomic E-state index is -4.57. The molecule has 0 amide bonds. The zero-order chi connectivity index (χ0) is 14.5. The molecular formula is C11H15ClF3N3O. The van der Waals surface area contributed by atoms with Crippen LogP contribution >= 0.6 is 11.6 Å². The molecule has 1 rings (SSSR count). The molecule has 0 N–H and O–H groups in total. The summed E-state index contributed by atoms with van der Waals surface area (Å²) in [5, 5.41) is -0.479. The maximum absolute atomic E-state index is 12.5. The van der Waals surface area contributed by atoms with Gasteiger partial charge < -0.3 is 9.64 Å². The SMILES string of the molecule is CCN(CC)CCOc1cc(C(F)(F)F)nc(Cl)n1. The van der Waals surface area contributed by atoms with Crippen LogP contribution in [-0.2, 0) is 6.18 Å². The second kappa shape index (κ2) is 6.91. The molecule has 0 fully saturated rings. The summed E-state index contributed by atoms with van der Waals surface area (Å²) in [6, 6.07) is 0.744. The first-order valence-electron chi connectivity index (χ1n) is 5.83. The Balaban J connectivity index is 2.66. The minimum Gasteiger partial charge on any atom is -0.476 e. The van der Waals surface area contributed by atoms with E-state index in [1.807, 2.05) is 13.8 Å². The highest BCUT2D eigenvalue weighted by molar-refractivity contribution is 6.28. The lowest BCUT2D eigenvalue weighted by Crippen LogP contribution is -2.28. The quantitative estimate of drug-likeness (QED) is 0.757. The first kappa shape index (κ1) is 16.0. The normalized spacial score (nSPS) is 11.9. The molecule has 4 nitrogen and oxygen atoms in total. The average molecular weight is 298 g/mol. The molecule has 0 unspecified atom stereocenters. The standard InChI is InChI=1S/C11H15ClF3N3O/c1-3-18(4-2)5-6-19-9-7-8(11(13,14)15)16-10(12)17-9/h7H,3-6H2,1-2H3. The summed E-state index contributed by atoms with van der Waals surface area (Å²) in [5.41, 5.74) is -1.11. The van der Waals surface area contributed by atoms with Gasteiger partial charge in [-0.1, -0.05) is 13.8 Å². The first-order valence-corrected chi connectivity index (χ1v) is 6.21. The Labute approximate surface area is 114 Å². The van der Waals surface area contributed by atoms with E-state index in [9.17, 15) is 13.2 Å². The Morgan fingerprint density at radius 3 is 2.42 bits per heavy atom. The van der Waals surface area contributed by atoms with Crippen LogP contribution in [0.5, 0.6) is 5.88 Å². The second-order valence-corrected chi connectivity index (χ2v) is 4.07. The van der Waals surface area contributed by atoms with Crippen molar-refractivity contribution in [1.29, 1.82) is 0 Å². The highest BCUT2D eigenvalue weighted by atomic mass is 35.5. The Bertz CT molecular complexity index is 411. The number of hydrogen-bond acceptors (Lipinski definition) is 4. The van der Waals surface area contributed by atoms with Crippen molar-refractivity contribution in [2.75, 3.05) is 26.2 Å². The van der Waals surface area contributed by atoms with Gasteiger partial charge in [-0.25, -0.2) is 4.98 Å². The summed E-state index contributed by atoms with van der Waals surface area (Å²) in [4.78, 5) is 8.81. The van der Waals surface area contributed by atoms with E-state index in [1.165, 1.54) is 0 Å². The topological polar surface area (TPSA) is 38.2 Å². The van der Waals surface area contributed by atoms with Crippen molar-refractivity contribution in [1.82, 2.24) is 14.9 Å². The van der Waals surface area contributed by atoms with Gasteiger partial charge in [0, 0.05) is 12.6 Å². The van der Waals surface area contributed by atoms with Gasteiger partial charge in [0.05, 0.1) is 0 Å². The molecule has 19 heavy (non-hydrogen) atoms. The Hall–Kier alpha value is -1.08. The van der Waals surface area contributed by atoms with Crippen molar-refractivity contribution in [2.45, 2.75) is 20.0 Å². The Morgan fingerprint density at radius 2 is 1.89 bits per heavy atom. The van der Waals surface area contributed by atoms with Crippen molar-refractivity contribution >= 4 is 11.6 Å². The van der Waals surface area contributed by atoms with Gasteiger partial charge in [0.25, 0.3) is 0 Å². The predicted octanol–water partition coefficient (Wildman–Crippen LogP) is 2.87. The number of halogens is 4. The zero-order valence-electron chi connectivity index (χ0n) is 10.7. The summed E-state index contributed by atoms with van der Waals surface area (Å²) >= 11 is 5.44. The first-order chi connectivity index (χ1) is 8.86. The van der Waals surface area contributed by atoms with Crippen LogP contribution in [0.1, 0.15) is 19.5 Å². The number of alkyl halides is 3. The van der Waals surface area contributed by atoms with E-state index in [1.54, 1.807) is 0 Å². The third-order valence-electron chi connectivity index (χ3n) is 2.52. The van der Waals surface area contributed by atoms with Crippen LogP contribution < -0.4 is 4.74 Å². The van der Waals surface area contributed by atoms with Gasteiger partial charge in [-0.2, -0.15) is 18.2 Å². The molecule has 0 spiro atoms. The van der Waals surface area contributed by atoms with Gasteiger partial charge in [-0.05, 0) is 24.7 Å². The molecule has 0 aliphatic carbocycles. The van der Waals surface area contributed by atoms with E-state index in [-0.39, 0.29) is 12.5 Å². The number of hydrogen-bond donors (Lipinski definition) is 0. The molecule has 0 aliphatic rings. The van der Waals surface area contributed by atoms with Crippen LogP contribution in [0, 0.1) is 0 Å². The minimum absolute atomic E-state index is 0.167. The van der Waals surface area contributed by atoms with E-state index in [2.05, 4.69) is 14.9 Å². The van der Waals surface area contributed by atoms with Crippen molar-refractivity contribution < 1.29 is 17.9 Å². The van der Waals surface area contributed by atoms with Crippen LogP contribution in [0.2, 0.25) is 5.28 Å². The van der Waals surface area contributed by atoms with E-state index >= 15 is 0 Å². The molecule has 0 aliphatic heterocycles. The number of ether oxygens (including phenoxy) is 1. The van der Waals surface area contributed by atoms with E-state index in [4.69, 9.17) is 16.3 Å². The summed E-state index contributed by atoms with van der Waals surface area (Å²) in [5.74, 6) is -0.167. The number of likely N-dealkylation sites (N-methyl/N-ethyl adjacent to an activating group) is 1. The molecule has 108 valence electrons. The molecule has 1 aromatic rings. The highest BCUT2D eigenvalue weighted by Gasteiger charge is 2.33. The third-order valence-corrected chi connectivity index (χ3v) is 2.69. The van der Waals surface area contributed by atoms with Crippen LogP contribution in [-0.4, -0.2) is 41.1 Å². The molecular weight excluding hydrogens is 283 g/mol. The number of nitrogens with zero attached hydrogens (tertiary/aromatic N) is 3. The lowest BCUT2D eigenvalue weighted by Gasteiger charge is -2.17. The molecule has 0 atom stereocenters. The number of rotatable bonds is 6. The largest absolute Gasteiger partial charge is 0.476 e. The average Bonchev–Trinajstić information content (AvgIpc) is 2.33. The molecule has 1 heterocycles. The fourth-order valence-corrected chi connectivity index (χ4v) is 1.61. The van der Waals surface area contributed by atoms with Gasteiger partial charge >= 0.3 is 6.18 Å². The fourth-order valence-electron chi connectivity index (χ4n) is 1.44. The molecule has 0 radical (unpaired) electrons. The van der Waals surface area contributed by atoms with Gasteiger partial charge in [0.2, 0.25) is 11.2 Å². The Morgan fingerprint density at radius 1 is 1.26 bits per heavy atom. The van der Waals surface area contributed by atoms with Gasteiger partial charge in [0.15, 0.2) is 5.69 Å². The van der Waals surface area contributed by atoms with Crippen molar-refractivity contribution in [3.05, 3.63) is 17.0 Å². The molecule has 1 aromatic heterocycles. The lowest BCUT2D eigenvalue weighted by atomic mass is 10.4. The summed E-state index contributed by atoms with van der Waals surface area (Å²) in [6.07, 6.45) is -4.57. The third kappa shape index (κ3) is 5.20. The van der Waals surface area contributed by atoms with Crippen LogP contribution in [0.4, 0.5) is 13.2 Å². The molecule has 0 saturated carbocycles. The smallest absolute Gasteiger partial charge is 0.433 e. The number of aromatic nitrogens is 2. The van der Waals surface area contributed by atoms with Gasteiger partial charge in [-0.15, -0.1) is 0 Å². The molecule has 0 bridgehead atoms. The summed E-state index contributed by atoms with van der Waals surface area (Å²) in [7, 11) is 0. The van der Waals surface area contributed by atoms with Gasteiger partial charge in [-0.3, -0.25) is 0 Å². The second-order valence-electron chi connectivity index (χ2n) is 3.73. The predicted molar refractivity (Wildman–Crippen MR) is 65.3 cm³/mol. The fraction of sp³-hybridized carbons (Fsp3) is 0.636. The van der Waals surface area contributed by atoms with Crippen molar-refractivity contribution in [3.63, 3.8) is 0 Å². The maximum atomic E-state index is 12.5. The zero-order valence-corrected chi connectivity index (χ0v) is 11.4. The van der Waals surface area contributed by atoms with Crippen LogP contribution in [0.15, 0.2) is 6.07 Å². The van der Waals surface area contributed by atoms with Crippen LogP contribution in [0.3, 0.4) is 0 Å². The maximum Gasteiger partial charge on any atom is 0.433 e. The molecule has 0 saturated heterocycles. The monoisotopic (exact) mass is 297 g/mol. The van der Waals surface area contributed by atoms with Crippen molar-refractivity contribution in [2.24, 2.45) is 0 Å². The summed E-state index contributed by atoms with van der Waals surface area (Å²) < 4.78 is 42.7. The lowest BCUT2D eigenvalue weighted by molar-refractivity contribution is -0.141. The molecule has 0 aromatic carbocycles.